The van der Waals surface area contributed by atoms with Crippen LogP contribution in [-0.2, 0) is 4.79 Å². The minimum absolute atomic E-state index is 0.0339. The van der Waals surface area contributed by atoms with Crippen LogP contribution in [0.5, 0.6) is 5.75 Å². The number of piperazine rings is 1. The molecule has 5 rings (SSSR count). The molecule has 37 heavy (non-hydrogen) atoms. The van der Waals surface area contributed by atoms with Crippen molar-refractivity contribution in [1.29, 1.82) is 0 Å². The Morgan fingerprint density at radius 2 is 1.84 bits per heavy atom. The molecule has 2 fully saturated rings. The lowest BCUT2D eigenvalue weighted by Gasteiger charge is -2.38. The smallest absolute Gasteiger partial charge is 0.406 e. The Hall–Kier alpha value is -2.92. The van der Waals surface area contributed by atoms with Crippen molar-refractivity contribution in [2.45, 2.75) is 56.5 Å². The van der Waals surface area contributed by atoms with Gasteiger partial charge in [-0.3, -0.25) is 4.79 Å². The van der Waals surface area contributed by atoms with Gasteiger partial charge in [0.05, 0.1) is 17.7 Å². The first kappa shape index (κ1) is 25.7. The summed E-state index contributed by atoms with van der Waals surface area (Å²) in [4.78, 5) is 28.7. The summed E-state index contributed by atoms with van der Waals surface area (Å²) in [6, 6.07) is 6.08. The van der Waals surface area contributed by atoms with Crippen LogP contribution in [0.3, 0.4) is 0 Å². The number of rotatable bonds is 7. The van der Waals surface area contributed by atoms with E-state index in [1.165, 1.54) is 18.5 Å². The highest BCUT2D eigenvalue weighted by Crippen LogP contribution is 2.43. The van der Waals surface area contributed by atoms with Gasteiger partial charge in [-0.1, -0.05) is 19.1 Å². The number of benzene rings is 1. The van der Waals surface area contributed by atoms with E-state index in [0.29, 0.717) is 56.4 Å². The van der Waals surface area contributed by atoms with Gasteiger partial charge in [0.2, 0.25) is 5.91 Å². The van der Waals surface area contributed by atoms with Crippen LogP contribution in [0.1, 0.15) is 60.9 Å². The number of likely N-dealkylation sites (N-methyl/N-ethyl adjacent to an activating group) is 1. The number of carbonyl (C=O) groups is 1. The quantitative estimate of drug-likeness (QED) is 0.600. The molecule has 0 unspecified atom stereocenters. The van der Waals surface area contributed by atoms with Crippen molar-refractivity contribution in [3.63, 3.8) is 0 Å². The third-order valence-corrected chi connectivity index (χ3v) is 7.62. The average molecular weight is 520 g/mol. The van der Waals surface area contributed by atoms with Crippen LogP contribution >= 0.6 is 0 Å². The van der Waals surface area contributed by atoms with Crippen LogP contribution < -0.4 is 9.64 Å². The highest BCUT2D eigenvalue weighted by molar-refractivity contribution is 5.84. The topological polar surface area (TPSA) is 82.0 Å². The van der Waals surface area contributed by atoms with Gasteiger partial charge in [-0.15, -0.1) is 13.2 Å². The molecule has 200 valence electrons. The number of carbonyl (C=O) groups excluding carboxylic acids is 1. The number of anilines is 1. The molecule has 1 aromatic heterocycles. The Bertz CT molecular complexity index is 1120. The number of hydrogen-bond acceptors (Lipinski definition) is 7. The second kappa shape index (κ2) is 10.1. The first-order valence-electron chi connectivity index (χ1n) is 12.7. The summed E-state index contributed by atoms with van der Waals surface area (Å²) < 4.78 is 41.8. The molecule has 1 amide bonds. The van der Waals surface area contributed by atoms with Crippen LogP contribution in [0.2, 0.25) is 0 Å². The maximum atomic E-state index is 13.7. The number of ether oxygens (including phenoxy) is 1. The largest absolute Gasteiger partial charge is 0.573 e. The van der Waals surface area contributed by atoms with E-state index in [1.54, 1.807) is 12.1 Å². The molecule has 11 heteroatoms. The number of fused-ring (bicyclic) bond motifs is 1. The monoisotopic (exact) mass is 519 g/mol. The molecule has 8 nitrogen and oxygen atoms in total. The average Bonchev–Trinajstić information content (AvgIpc) is 3.67. The summed E-state index contributed by atoms with van der Waals surface area (Å²) in [6.07, 6.45) is -1.05. The highest BCUT2D eigenvalue weighted by Gasteiger charge is 2.37. The van der Waals surface area contributed by atoms with E-state index in [-0.39, 0.29) is 17.6 Å². The minimum Gasteiger partial charge on any atom is -0.406 e. The van der Waals surface area contributed by atoms with Crippen LogP contribution in [0.15, 0.2) is 30.6 Å². The van der Waals surface area contributed by atoms with E-state index in [9.17, 15) is 23.1 Å². The van der Waals surface area contributed by atoms with E-state index >= 15 is 0 Å². The van der Waals surface area contributed by atoms with E-state index in [1.807, 2.05) is 11.9 Å². The fraction of sp³-hybridized carbons (Fsp3) is 0.577. The molecule has 0 radical (unpaired) electrons. The van der Waals surface area contributed by atoms with Gasteiger partial charge in [0.15, 0.2) is 0 Å². The molecule has 1 aliphatic heterocycles. The molecule has 1 aromatic carbocycles. The number of hydrogen-bond donors (Lipinski definition) is 1. The summed E-state index contributed by atoms with van der Waals surface area (Å²) in [5.41, 5.74) is 2.35. The molecule has 2 aliphatic carbocycles. The van der Waals surface area contributed by atoms with Gasteiger partial charge in [-0.25, -0.2) is 9.97 Å². The fourth-order valence-electron chi connectivity index (χ4n) is 5.49. The molecule has 0 spiro atoms. The van der Waals surface area contributed by atoms with Crippen molar-refractivity contribution in [2.24, 2.45) is 0 Å². The molecule has 0 bridgehead atoms. The Morgan fingerprint density at radius 3 is 2.46 bits per heavy atom. The standard InChI is InChI=1S/C26H32F3N5O3/c1-16-13-21(35)23-22(16)24(31-15-30-23)33-9-11-34(12-10-33)25(36)20(14-32(2)18-5-6-18)17-3-7-19(8-4-17)37-26(27,28)29/h3-4,7-8,15-16,18,20-21,35H,5-6,9-14H2,1-2H3/t16-,20-,21-/m1/s1. The zero-order chi connectivity index (χ0) is 26.3. The molecule has 2 aromatic rings. The molecule has 3 aliphatic rings. The van der Waals surface area contributed by atoms with E-state index in [4.69, 9.17) is 0 Å². The lowest BCUT2D eigenvalue weighted by molar-refractivity contribution is -0.274. The van der Waals surface area contributed by atoms with Crippen molar-refractivity contribution >= 4 is 11.7 Å². The van der Waals surface area contributed by atoms with Gasteiger partial charge in [0.1, 0.15) is 17.9 Å². The van der Waals surface area contributed by atoms with Gasteiger partial charge in [0, 0.05) is 44.3 Å². The predicted molar refractivity (Wildman–Crippen MR) is 130 cm³/mol. The number of aliphatic hydroxyl groups is 1. The van der Waals surface area contributed by atoms with Gasteiger partial charge < -0.3 is 24.5 Å². The second-order valence-electron chi connectivity index (χ2n) is 10.3. The predicted octanol–water partition coefficient (Wildman–Crippen LogP) is 3.44. The van der Waals surface area contributed by atoms with Gasteiger partial charge >= 0.3 is 6.36 Å². The van der Waals surface area contributed by atoms with Crippen LogP contribution in [-0.4, -0.2) is 83.0 Å². The summed E-state index contributed by atoms with van der Waals surface area (Å²) in [6.45, 7) is 4.77. The highest BCUT2D eigenvalue weighted by atomic mass is 19.4. The molecular formula is C26H32F3N5O3. The fourth-order valence-corrected chi connectivity index (χ4v) is 5.49. The zero-order valence-corrected chi connectivity index (χ0v) is 21.0. The minimum atomic E-state index is -4.76. The third-order valence-electron chi connectivity index (χ3n) is 7.62. The normalized spacial score (nSPS) is 22.8. The maximum Gasteiger partial charge on any atom is 0.573 e. The lowest BCUT2D eigenvalue weighted by atomic mass is 9.96. The third kappa shape index (κ3) is 5.67. The SMILES string of the molecule is C[C@@H]1C[C@@H](O)c2ncnc(N3CCN(C(=O)[C@H](CN(C)C4CC4)c4ccc(OC(F)(F)F)cc4)CC3)c21. The van der Waals surface area contributed by atoms with Gasteiger partial charge in [0.25, 0.3) is 0 Å². The summed E-state index contributed by atoms with van der Waals surface area (Å²) in [7, 11) is 1.99. The van der Waals surface area contributed by atoms with Crippen molar-refractivity contribution in [3.05, 3.63) is 47.4 Å². The molecule has 1 saturated heterocycles. The Labute approximate surface area is 214 Å². The van der Waals surface area contributed by atoms with Crippen LogP contribution in [0, 0.1) is 0 Å². The number of halogens is 3. The van der Waals surface area contributed by atoms with Crippen molar-refractivity contribution in [1.82, 2.24) is 19.8 Å². The summed E-state index contributed by atoms with van der Waals surface area (Å²) in [5.74, 6) is 0.158. The Morgan fingerprint density at radius 1 is 1.16 bits per heavy atom. The number of nitrogens with zero attached hydrogens (tertiary/aromatic N) is 5. The Balaban J connectivity index is 1.30. The van der Waals surface area contributed by atoms with Crippen molar-refractivity contribution < 1.29 is 27.8 Å². The second-order valence-corrected chi connectivity index (χ2v) is 10.3. The number of aromatic nitrogens is 2. The molecular weight excluding hydrogens is 487 g/mol. The molecule has 2 heterocycles. The summed E-state index contributed by atoms with van der Waals surface area (Å²) >= 11 is 0. The number of amides is 1. The van der Waals surface area contributed by atoms with E-state index < -0.39 is 18.4 Å². The molecule has 1 N–H and O–H groups in total. The number of aliphatic hydroxyl groups excluding tert-OH is 1. The van der Waals surface area contributed by atoms with Gasteiger partial charge in [-0.05, 0) is 49.9 Å². The zero-order valence-electron chi connectivity index (χ0n) is 21.0. The first-order valence-corrected chi connectivity index (χ1v) is 12.7. The van der Waals surface area contributed by atoms with Crippen LogP contribution in [0.4, 0.5) is 19.0 Å². The van der Waals surface area contributed by atoms with Crippen molar-refractivity contribution in [3.8, 4) is 5.75 Å². The Kier molecular flexibility index (Phi) is 7.01. The number of alkyl halides is 3. The lowest BCUT2D eigenvalue weighted by Crippen LogP contribution is -2.51. The molecule has 1 saturated carbocycles. The summed E-state index contributed by atoms with van der Waals surface area (Å²) in [5, 5.41) is 10.3. The molecule has 3 atom stereocenters. The maximum absolute atomic E-state index is 13.7. The first-order chi connectivity index (χ1) is 17.6. The van der Waals surface area contributed by atoms with Crippen molar-refractivity contribution in [2.75, 3.05) is 44.7 Å². The van der Waals surface area contributed by atoms with E-state index in [2.05, 4.69) is 31.4 Å². The van der Waals surface area contributed by atoms with Crippen LogP contribution in [0.25, 0.3) is 0 Å². The van der Waals surface area contributed by atoms with E-state index in [0.717, 1.165) is 24.2 Å². The van der Waals surface area contributed by atoms with Gasteiger partial charge in [-0.2, -0.15) is 0 Å².